The molecule has 0 aromatic heterocycles. The molecule has 3 heterocycles. The van der Waals surface area contributed by atoms with Gasteiger partial charge >= 0.3 is 12.0 Å². The summed E-state index contributed by atoms with van der Waals surface area (Å²) in [5.74, 6) is 1.80. The van der Waals surface area contributed by atoms with Crippen molar-refractivity contribution in [1.29, 1.82) is 0 Å². The average Bonchev–Trinajstić information content (AvgIpc) is 3.06. The topological polar surface area (TPSA) is 68.5 Å². The molecule has 0 spiro atoms. The van der Waals surface area contributed by atoms with Crippen molar-refractivity contribution in [3.8, 4) is 5.75 Å². The number of hydrogen-bond donors (Lipinski definition) is 0. The van der Waals surface area contributed by atoms with Crippen LogP contribution in [0.25, 0.3) is 0 Å². The number of rotatable bonds is 3. The van der Waals surface area contributed by atoms with Crippen LogP contribution in [0.3, 0.4) is 0 Å². The van der Waals surface area contributed by atoms with Crippen LogP contribution in [-0.4, -0.2) is 77.9 Å². The molecule has 1 saturated heterocycles. The Hall–Kier alpha value is -2.90. The monoisotopic (exact) mass is 356 g/mol. The molecule has 8 nitrogen and oxygen atoms in total. The summed E-state index contributed by atoms with van der Waals surface area (Å²) < 4.78 is 7.34. The number of carbonyl (C=O) groups excluding carboxylic acids is 2. The second kappa shape index (κ2) is 6.12. The molecule has 0 aliphatic carbocycles. The number of imide groups is 1. The van der Waals surface area contributed by atoms with Gasteiger partial charge in [-0.25, -0.2) is 14.3 Å². The van der Waals surface area contributed by atoms with E-state index in [0.29, 0.717) is 12.4 Å². The van der Waals surface area contributed by atoms with Crippen LogP contribution in [0, 0.1) is 0 Å². The Kier molecular flexibility index (Phi) is 3.90. The zero-order valence-corrected chi connectivity index (χ0v) is 15.2. The van der Waals surface area contributed by atoms with Gasteiger partial charge in [0.15, 0.2) is 0 Å². The number of aliphatic imine (C=N–C) groups is 1. The quantitative estimate of drug-likeness (QED) is 0.757. The molecule has 3 aliphatic rings. The second-order valence-corrected chi connectivity index (χ2v) is 6.50. The zero-order valence-electron chi connectivity index (χ0n) is 15.2. The number of guanidine groups is 1. The molecule has 0 saturated carbocycles. The number of urea groups is 1. The van der Waals surface area contributed by atoms with E-state index in [-0.39, 0.29) is 11.9 Å². The Balaban J connectivity index is 1.78. The van der Waals surface area contributed by atoms with Crippen molar-refractivity contribution in [3.63, 3.8) is 0 Å². The van der Waals surface area contributed by atoms with Gasteiger partial charge in [-0.1, -0.05) is 11.1 Å². The number of methoxy groups -OCH3 is 1. The lowest BCUT2D eigenvalue weighted by molar-refractivity contribution is -0.539. The Morgan fingerprint density at radius 1 is 1.35 bits per heavy atom. The summed E-state index contributed by atoms with van der Waals surface area (Å²) in [6, 6.07) is 6.93. The smallest absolute Gasteiger partial charge is 0.397 e. The molecule has 8 heteroatoms. The molecule has 1 atom stereocenters. The van der Waals surface area contributed by atoms with Crippen molar-refractivity contribution < 1.29 is 18.9 Å². The summed E-state index contributed by atoms with van der Waals surface area (Å²) in [6.45, 7) is 3.70. The highest BCUT2D eigenvalue weighted by atomic mass is 16.5. The van der Waals surface area contributed by atoms with Gasteiger partial charge in [-0.05, 0) is 19.1 Å². The van der Waals surface area contributed by atoms with Crippen LogP contribution in [0.5, 0.6) is 5.75 Å². The highest BCUT2D eigenvalue weighted by Gasteiger charge is 2.53. The van der Waals surface area contributed by atoms with Gasteiger partial charge in [-0.15, -0.1) is 0 Å². The van der Waals surface area contributed by atoms with E-state index >= 15 is 0 Å². The lowest BCUT2D eigenvalue weighted by atomic mass is 10.1. The van der Waals surface area contributed by atoms with Gasteiger partial charge in [-0.2, -0.15) is 0 Å². The Labute approximate surface area is 152 Å². The van der Waals surface area contributed by atoms with Gasteiger partial charge in [-0.3, -0.25) is 14.6 Å². The van der Waals surface area contributed by atoms with E-state index in [1.165, 1.54) is 9.80 Å². The first-order chi connectivity index (χ1) is 12.6. The van der Waals surface area contributed by atoms with Crippen molar-refractivity contribution >= 4 is 29.4 Å². The maximum Gasteiger partial charge on any atom is 0.397 e. The van der Waals surface area contributed by atoms with E-state index in [1.54, 1.807) is 14.2 Å². The van der Waals surface area contributed by atoms with Crippen LogP contribution in [0.1, 0.15) is 13.3 Å². The summed E-state index contributed by atoms with van der Waals surface area (Å²) in [5.41, 5.74) is 0.959. The fourth-order valence-corrected chi connectivity index (χ4v) is 3.76. The Morgan fingerprint density at radius 2 is 2.15 bits per heavy atom. The number of nitrogens with zero attached hydrogens (tertiary/aromatic N) is 5. The summed E-state index contributed by atoms with van der Waals surface area (Å²) in [7, 11) is 3.32. The minimum atomic E-state index is -0.527. The van der Waals surface area contributed by atoms with Crippen molar-refractivity contribution in [1.82, 2.24) is 9.80 Å². The predicted octanol–water partition coefficient (Wildman–Crippen LogP) is 0.968. The molecule has 26 heavy (non-hydrogen) atoms. The first kappa shape index (κ1) is 16.6. The van der Waals surface area contributed by atoms with Crippen LogP contribution in [0.15, 0.2) is 29.3 Å². The number of amides is 3. The first-order valence-electron chi connectivity index (χ1n) is 8.79. The molecule has 0 bridgehead atoms. The SMILES string of the molecule is CCN1C(=O)C2C(=NC3=[N+]2CCCN3c2cccc(OC)c2)N(C)C1=O. The lowest BCUT2D eigenvalue weighted by Gasteiger charge is -2.34. The maximum atomic E-state index is 12.9. The largest absolute Gasteiger partial charge is 0.497 e. The van der Waals surface area contributed by atoms with Crippen LogP contribution in [0.4, 0.5) is 10.5 Å². The molecule has 4 rings (SSSR count). The van der Waals surface area contributed by atoms with Crippen molar-refractivity contribution in [2.45, 2.75) is 19.4 Å². The molecule has 1 aromatic rings. The third-order valence-electron chi connectivity index (χ3n) is 5.09. The molecule has 0 radical (unpaired) electrons. The van der Waals surface area contributed by atoms with Gasteiger partial charge < -0.3 is 4.74 Å². The zero-order chi connectivity index (χ0) is 18.4. The van der Waals surface area contributed by atoms with Gasteiger partial charge in [0.25, 0.3) is 5.91 Å². The van der Waals surface area contributed by atoms with E-state index in [2.05, 4.69) is 4.90 Å². The molecule has 1 aromatic carbocycles. The first-order valence-corrected chi connectivity index (χ1v) is 8.79. The van der Waals surface area contributed by atoms with Gasteiger partial charge in [0.05, 0.1) is 20.2 Å². The molecule has 0 N–H and O–H groups in total. The molecule has 1 fully saturated rings. The molecule has 1 unspecified atom stereocenters. The summed E-state index contributed by atoms with van der Waals surface area (Å²) in [4.78, 5) is 34.9. The van der Waals surface area contributed by atoms with Gasteiger partial charge in [0.2, 0.25) is 11.9 Å². The van der Waals surface area contributed by atoms with Gasteiger partial charge in [0, 0.05) is 26.1 Å². The number of anilines is 1. The summed E-state index contributed by atoms with van der Waals surface area (Å²) in [6.07, 6.45) is 0.900. The number of ether oxygens (including phenoxy) is 1. The molecule has 136 valence electrons. The van der Waals surface area contributed by atoms with Crippen LogP contribution in [0.2, 0.25) is 0 Å². The third-order valence-corrected chi connectivity index (χ3v) is 5.09. The molecular formula is C18H22N5O3+. The highest BCUT2D eigenvalue weighted by Crippen LogP contribution is 2.28. The third kappa shape index (κ3) is 2.28. The molecular weight excluding hydrogens is 334 g/mol. The van der Waals surface area contributed by atoms with E-state index in [1.807, 2.05) is 35.8 Å². The molecule has 3 aliphatic heterocycles. The van der Waals surface area contributed by atoms with Crippen molar-refractivity contribution in [2.75, 3.05) is 38.7 Å². The summed E-state index contributed by atoms with van der Waals surface area (Å²) >= 11 is 0. The predicted molar refractivity (Wildman–Crippen MR) is 96.9 cm³/mol. The number of carbonyl (C=O) groups is 2. The standard InChI is InChI=1S/C18H22N5O3/c1-4-21-16(24)14-15(20(2)18(21)25)19-17-22(9-6-10-23(14)17)12-7-5-8-13(11-12)26-3/h5,7-8,11,14H,4,6,9-10H2,1-3H3/q+1. The van der Waals surface area contributed by atoms with Crippen molar-refractivity contribution in [3.05, 3.63) is 24.3 Å². The van der Waals surface area contributed by atoms with Crippen LogP contribution in [-0.2, 0) is 4.79 Å². The number of fused-ring (bicyclic) bond motifs is 2. The van der Waals surface area contributed by atoms with E-state index in [4.69, 9.17) is 9.73 Å². The molecule has 3 amide bonds. The highest BCUT2D eigenvalue weighted by molar-refractivity contribution is 6.24. The normalized spacial score (nSPS) is 22.5. The van der Waals surface area contributed by atoms with E-state index < -0.39 is 6.04 Å². The number of benzene rings is 1. The second-order valence-electron chi connectivity index (χ2n) is 6.50. The average molecular weight is 356 g/mol. The fraction of sp³-hybridized carbons (Fsp3) is 0.444. The lowest BCUT2D eigenvalue weighted by Crippen LogP contribution is -2.63. The van der Waals surface area contributed by atoms with Crippen molar-refractivity contribution in [2.24, 2.45) is 4.99 Å². The van der Waals surface area contributed by atoms with Gasteiger partial charge in [0.1, 0.15) is 11.4 Å². The Morgan fingerprint density at radius 3 is 2.88 bits per heavy atom. The van der Waals surface area contributed by atoms with Crippen LogP contribution < -0.4 is 9.64 Å². The van der Waals surface area contributed by atoms with E-state index in [9.17, 15) is 9.59 Å². The maximum absolute atomic E-state index is 12.9. The minimum Gasteiger partial charge on any atom is -0.497 e. The van der Waals surface area contributed by atoms with Crippen LogP contribution >= 0.6 is 0 Å². The fourth-order valence-electron chi connectivity index (χ4n) is 3.76. The van der Waals surface area contributed by atoms with E-state index in [0.717, 1.165) is 36.9 Å². The summed E-state index contributed by atoms with van der Waals surface area (Å²) in [5, 5.41) is 0. The Bertz CT molecular complexity index is 847. The minimum absolute atomic E-state index is 0.197. The number of hydrogen-bond acceptors (Lipinski definition) is 5. The number of likely N-dealkylation sites (N-methyl/N-ethyl adjacent to an activating group) is 2. The number of amidine groups is 1.